The van der Waals surface area contributed by atoms with Crippen LogP contribution in [0.25, 0.3) is 6.08 Å². The minimum atomic E-state index is -0.446. The van der Waals surface area contributed by atoms with Crippen LogP contribution in [0.3, 0.4) is 0 Å². The molecule has 0 atom stereocenters. The molecule has 184 valence electrons. The standard InChI is InChI=1S/C27H24N2O6S/c1-18-10-11-19(2)24(14-18)34-13-12-28-26(30)25(36-27(28)31)16-20-6-5-8-22(15-20)35-17-21-7-3-4-9-23(21)29(32)33/h3-11,14-16H,12-13,17H2,1-2H3/b25-16-. The number of nitrogens with zero attached hydrogens (tertiary/aromatic N) is 2. The average Bonchev–Trinajstić information content (AvgIpc) is 3.12. The molecule has 0 aromatic heterocycles. The number of thioether (sulfide) groups is 1. The molecule has 0 radical (unpaired) electrons. The number of nitro benzene ring substituents is 1. The number of nitro groups is 1. The average molecular weight is 505 g/mol. The smallest absolute Gasteiger partial charge is 0.293 e. The molecule has 0 N–H and O–H groups in total. The summed E-state index contributed by atoms with van der Waals surface area (Å²) in [5.41, 5.74) is 3.17. The van der Waals surface area contributed by atoms with Crippen LogP contribution < -0.4 is 9.47 Å². The molecule has 36 heavy (non-hydrogen) atoms. The topological polar surface area (TPSA) is 99.0 Å². The lowest BCUT2D eigenvalue weighted by Crippen LogP contribution is -2.32. The van der Waals surface area contributed by atoms with Crippen LogP contribution in [0, 0.1) is 24.0 Å². The molecule has 2 amide bonds. The zero-order valence-corrected chi connectivity index (χ0v) is 20.6. The van der Waals surface area contributed by atoms with Crippen molar-refractivity contribution in [3.8, 4) is 11.5 Å². The molecule has 1 aliphatic rings. The van der Waals surface area contributed by atoms with E-state index in [2.05, 4.69) is 0 Å². The van der Waals surface area contributed by atoms with E-state index in [4.69, 9.17) is 9.47 Å². The van der Waals surface area contributed by atoms with E-state index in [-0.39, 0.29) is 36.6 Å². The predicted octanol–water partition coefficient (Wildman–Crippen LogP) is 5.91. The third-order valence-corrected chi connectivity index (χ3v) is 6.44. The first-order valence-electron chi connectivity index (χ1n) is 11.2. The maximum Gasteiger partial charge on any atom is 0.293 e. The van der Waals surface area contributed by atoms with Gasteiger partial charge in [-0.3, -0.25) is 24.6 Å². The summed E-state index contributed by atoms with van der Waals surface area (Å²) >= 11 is 0.877. The number of hydrogen-bond donors (Lipinski definition) is 0. The van der Waals surface area contributed by atoms with E-state index in [1.165, 1.54) is 11.0 Å². The van der Waals surface area contributed by atoms with E-state index >= 15 is 0 Å². The summed E-state index contributed by atoms with van der Waals surface area (Å²) in [6.07, 6.45) is 1.63. The highest BCUT2D eigenvalue weighted by Gasteiger charge is 2.34. The molecule has 0 aliphatic carbocycles. The SMILES string of the molecule is Cc1ccc(C)c(OCCN2C(=O)S/C(=C\c3cccc(OCc4ccccc4[N+](=O)[O-])c3)C2=O)c1. The largest absolute Gasteiger partial charge is 0.491 e. The van der Waals surface area contributed by atoms with Gasteiger partial charge in [0.05, 0.1) is 21.9 Å². The van der Waals surface area contributed by atoms with Gasteiger partial charge in [-0.15, -0.1) is 0 Å². The molecular weight excluding hydrogens is 480 g/mol. The molecule has 4 rings (SSSR count). The van der Waals surface area contributed by atoms with Crippen LogP contribution in [0.15, 0.2) is 71.6 Å². The van der Waals surface area contributed by atoms with E-state index < -0.39 is 4.92 Å². The van der Waals surface area contributed by atoms with Crippen molar-refractivity contribution in [2.75, 3.05) is 13.2 Å². The van der Waals surface area contributed by atoms with Gasteiger partial charge in [0.25, 0.3) is 16.8 Å². The summed E-state index contributed by atoms with van der Waals surface area (Å²) < 4.78 is 11.5. The minimum absolute atomic E-state index is 0.0103. The molecular formula is C27H24N2O6S. The molecule has 3 aromatic rings. The Hall–Kier alpha value is -4.11. The molecule has 1 aliphatic heterocycles. The number of benzene rings is 3. The van der Waals surface area contributed by atoms with Gasteiger partial charge >= 0.3 is 0 Å². The number of carbonyl (C=O) groups is 2. The quantitative estimate of drug-likeness (QED) is 0.203. The van der Waals surface area contributed by atoms with Crippen molar-refractivity contribution < 1.29 is 24.0 Å². The zero-order valence-electron chi connectivity index (χ0n) is 19.8. The minimum Gasteiger partial charge on any atom is -0.491 e. The predicted molar refractivity (Wildman–Crippen MR) is 138 cm³/mol. The zero-order chi connectivity index (χ0) is 25.7. The first-order valence-corrected chi connectivity index (χ1v) is 12.0. The Bertz CT molecular complexity index is 1350. The number of amides is 2. The summed E-state index contributed by atoms with van der Waals surface area (Å²) in [7, 11) is 0. The number of rotatable bonds is 9. The summed E-state index contributed by atoms with van der Waals surface area (Å²) in [6.45, 7) is 4.28. The highest BCUT2D eigenvalue weighted by molar-refractivity contribution is 8.18. The van der Waals surface area contributed by atoms with Crippen LogP contribution >= 0.6 is 11.8 Å². The van der Waals surface area contributed by atoms with Crippen LogP contribution in [-0.2, 0) is 11.4 Å². The molecule has 1 heterocycles. The van der Waals surface area contributed by atoms with E-state index in [1.807, 2.05) is 32.0 Å². The van der Waals surface area contributed by atoms with E-state index in [1.54, 1.807) is 48.5 Å². The summed E-state index contributed by atoms with van der Waals surface area (Å²) in [5.74, 6) is 0.846. The van der Waals surface area contributed by atoms with Gasteiger partial charge in [0.2, 0.25) is 0 Å². The van der Waals surface area contributed by atoms with Crippen LogP contribution in [0.5, 0.6) is 11.5 Å². The molecule has 0 bridgehead atoms. The lowest BCUT2D eigenvalue weighted by Gasteiger charge is -2.14. The Labute approximate surface area is 212 Å². The van der Waals surface area contributed by atoms with Crippen molar-refractivity contribution in [3.05, 3.63) is 104 Å². The molecule has 8 nitrogen and oxygen atoms in total. The van der Waals surface area contributed by atoms with Crippen molar-refractivity contribution in [2.24, 2.45) is 0 Å². The second-order valence-electron chi connectivity index (χ2n) is 8.20. The molecule has 1 saturated heterocycles. The Morgan fingerprint density at radius 1 is 1.00 bits per heavy atom. The van der Waals surface area contributed by atoms with E-state index in [9.17, 15) is 19.7 Å². The number of aryl methyl sites for hydroxylation is 2. The third-order valence-electron chi connectivity index (χ3n) is 5.53. The van der Waals surface area contributed by atoms with Crippen LogP contribution in [-0.4, -0.2) is 34.1 Å². The highest BCUT2D eigenvalue weighted by atomic mass is 32.2. The first-order chi connectivity index (χ1) is 17.3. The Kier molecular flexibility index (Phi) is 7.70. The van der Waals surface area contributed by atoms with E-state index in [0.717, 1.165) is 28.6 Å². The maximum atomic E-state index is 12.8. The number of hydrogen-bond acceptors (Lipinski definition) is 7. The molecule has 9 heteroatoms. The van der Waals surface area contributed by atoms with Crippen molar-refractivity contribution in [1.82, 2.24) is 4.90 Å². The van der Waals surface area contributed by atoms with Crippen LogP contribution in [0.2, 0.25) is 0 Å². The monoisotopic (exact) mass is 504 g/mol. The molecule has 1 fully saturated rings. The van der Waals surface area contributed by atoms with Gasteiger partial charge in [-0.05, 0) is 72.6 Å². The fourth-order valence-corrected chi connectivity index (χ4v) is 4.49. The number of ether oxygens (including phenoxy) is 2. The maximum absolute atomic E-state index is 12.8. The molecule has 0 saturated carbocycles. The molecule has 0 unspecified atom stereocenters. The van der Waals surface area contributed by atoms with Crippen LogP contribution in [0.4, 0.5) is 10.5 Å². The Morgan fingerprint density at radius 2 is 1.81 bits per heavy atom. The van der Waals surface area contributed by atoms with Gasteiger partial charge in [-0.1, -0.05) is 36.4 Å². The van der Waals surface area contributed by atoms with Gasteiger partial charge in [0, 0.05) is 6.07 Å². The van der Waals surface area contributed by atoms with Crippen molar-refractivity contribution in [3.63, 3.8) is 0 Å². The summed E-state index contributed by atoms with van der Waals surface area (Å²) in [5, 5.41) is 10.9. The van der Waals surface area contributed by atoms with Crippen molar-refractivity contribution >= 4 is 34.7 Å². The normalized spacial score (nSPS) is 14.4. The first kappa shape index (κ1) is 25.0. The Morgan fingerprint density at radius 3 is 2.61 bits per heavy atom. The van der Waals surface area contributed by atoms with Gasteiger partial charge < -0.3 is 9.47 Å². The fraction of sp³-hybridized carbons (Fsp3) is 0.185. The van der Waals surface area contributed by atoms with Gasteiger partial charge in [0.1, 0.15) is 24.7 Å². The Balaban J connectivity index is 1.39. The van der Waals surface area contributed by atoms with Gasteiger partial charge in [-0.2, -0.15) is 0 Å². The lowest BCUT2D eigenvalue weighted by molar-refractivity contribution is -0.385. The van der Waals surface area contributed by atoms with Crippen LogP contribution in [0.1, 0.15) is 22.3 Å². The summed E-state index contributed by atoms with van der Waals surface area (Å²) in [4.78, 5) is 37.5. The number of para-hydroxylation sites is 1. The fourth-order valence-electron chi connectivity index (χ4n) is 3.62. The van der Waals surface area contributed by atoms with Crippen molar-refractivity contribution in [2.45, 2.75) is 20.5 Å². The second-order valence-corrected chi connectivity index (χ2v) is 9.19. The second kappa shape index (κ2) is 11.1. The number of carbonyl (C=O) groups excluding carboxylic acids is 2. The third kappa shape index (κ3) is 5.92. The highest BCUT2D eigenvalue weighted by Crippen LogP contribution is 2.33. The molecule has 0 spiro atoms. The van der Waals surface area contributed by atoms with Gasteiger partial charge in [0.15, 0.2) is 0 Å². The summed E-state index contributed by atoms with van der Waals surface area (Å²) in [6, 6.07) is 19.2. The lowest BCUT2D eigenvalue weighted by atomic mass is 10.1. The number of imide groups is 1. The molecule has 3 aromatic carbocycles. The van der Waals surface area contributed by atoms with Crippen molar-refractivity contribution in [1.29, 1.82) is 0 Å². The van der Waals surface area contributed by atoms with E-state index in [0.29, 0.717) is 21.8 Å². The van der Waals surface area contributed by atoms with Gasteiger partial charge in [-0.25, -0.2) is 0 Å².